The van der Waals surface area contributed by atoms with Crippen molar-refractivity contribution in [1.82, 2.24) is 15.0 Å². The summed E-state index contributed by atoms with van der Waals surface area (Å²) in [5, 5.41) is 2.65. The van der Waals surface area contributed by atoms with Gasteiger partial charge in [-0.2, -0.15) is 0 Å². The van der Waals surface area contributed by atoms with Crippen molar-refractivity contribution in [2.24, 2.45) is 0 Å². The van der Waals surface area contributed by atoms with E-state index in [2.05, 4.69) is 20.3 Å². The van der Waals surface area contributed by atoms with Crippen LogP contribution in [0.2, 0.25) is 0 Å². The molecule has 0 saturated carbocycles. The summed E-state index contributed by atoms with van der Waals surface area (Å²) in [7, 11) is 0. The van der Waals surface area contributed by atoms with Gasteiger partial charge in [-0.25, -0.2) is 9.97 Å². The molecule has 5 heteroatoms. The Bertz CT molecular complexity index is 519. The minimum Gasteiger partial charge on any atom is -0.290 e. The normalized spacial score (nSPS) is 10.0. The first-order valence-corrected chi connectivity index (χ1v) is 5.19. The number of rotatable bonds is 2. The predicted molar refractivity (Wildman–Crippen MR) is 63.7 cm³/mol. The molecule has 0 unspecified atom stereocenters. The smallest absolute Gasteiger partial charge is 0.258 e. The summed E-state index contributed by atoms with van der Waals surface area (Å²) in [6.45, 7) is 3.72. The molecule has 0 aliphatic heterocycles. The van der Waals surface area contributed by atoms with Gasteiger partial charge in [-0.3, -0.25) is 15.1 Å². The molecule has 2 heterocycles. The van der Waals surface area contributed by atoms with Gasteiger partial charge >= 0.3 is 0 Å². The second-order valence-electron chi connectivity index (χ2n) is 3.66. The Kier molecular flexibility index (Phi) is 3.09. The van der Waals surface area contributed by atoms with Crippen LogP contribution < -0.4 is 5.32 Å². The van der Waals surface area contributed by atoms with E-state index in [1.54, 1.807) is 24.5 Å². The van der Waals surface area contributed by atoms with E-state index >= 15 is 0 Å². The fourth-order valence-electron chi connectivity index (χ4n) is 1.46. The molecule has 0 fully saturated rings. The summed E-state index contributed by atoms with van der Waals surface area (Å²) in [5.74, 6) is 0.0849. The highest BCUT2D eigenvalue weighted by Crippen LogP contribution is 2.06. The number of carbonyl (C=O) groups excluding carboxylic acids is 1. The highest BCUT2D eigenvalue weighted by Gasteiger charge is 2.07. The first kappa shape index (κ1) is 11.2. The number of hydrogen-bond acceptors (Lipinski definition) is 4. The summed E-state index contributed by atoms with van der Waals surface area (Å²) in [5.41, 5.74) is 2.17. The fraction of sp³-hybridized carbons (Fsp3) is 0.167. The van der Waals surface area contributed by atoms with Crippen molar-refractivity contribution in [2.75, 3.05) is 5.32 Å². The van der Waals surface area contributed by atoms with Crippen molar-refractivity contribution < 1.29 is 4.79 Å². The van der Waals surface area contributed by atoms with Gasteiger partial charge in [0.05, 0.1) is 0 Å². The van der Waals surface area contributed by atoms with Crippen molar-refractivity contribution in [3.05, 3.63) is 47.5 Å². The van der Waals surface area contributed by atoms with Crippen LogP contribution in [0.25, 0.3) is 0 Å². The molecule has 0 atom stereocenters. The fourth-order valence-corrected chi connectivity index (χ4v) is 1.46. The van der Waals surface area contributed by atoms with Crippen molar-refractivity contribution in [3.63, 3.8) is 0 Å². The molecule has 2 aromatic rings. The third-order valence-corrected chi connectivity index (χ3v) is 2.15. The van der Waals surface area contributed by atoms with E-state index < -0.39 is 0 Å². The summed E-state index contributed by atoms with van der Waals surface area (Å²) in [4.78, 5) is 24.0. The zero-order valence-electron chi connectivity index (χ0n) is 9.64. The molecule has 1 amide bonds. The van der Waals surface area contributed by atoms with E-state index in [1.165, 1.54) is 0 Å². The van der Waals surface area contributed by atoms with Crippen LogP contribution in [0.4, 0.5) is 5.95 Å². The van der Waals surface area contributed by atoms with Gasteiger partial charge in [0.15, 0.2) is 0 Å². The molecular weight excluding hydrogens is 216 g/mol. The molecule has 0 aromatic carbocycles. The highest BCUT2D eigenvalue weighted by atomic mass is 16.1. The van der Waals surface area contributed by atoms with Gasteiger partial charge in [-0.1, -0.05) is 0 Å². The van der Waals surface area contributed by atoms with Crippen molar-refractivity contribution >= 4 is 11.9 Å². The predicted octanol–water partition coefficient (Wildman–Crippen LogP) is 1.74. The molecule has 0 bridgehead atoms. The van der Waals surface area contributed by atoms with Gasteiger partial charge in [0.1, 0.15) is 0 Å². The van der Waals surface area contributed by atoms with E-state index in [0.29, 0.717) is 11.5 Å². The number of nitrogens with zero attached hydrogens (tertiary/aromatic N) is 3. The summed E-state index contributed by atoms with van der Waals surface area (Å²) < 4.78 is 0. The molecule has 0 radical (unpaired) electrons. The van der Waals surface area contributed by atoms with E-state index in [4.69, 9.17) is 0 Å². The molecule has 1 N–H and O–H groups in total. The van der Waals surface area contributed by atoms with Crippen LogP contribution in [0, 0.1) is 13.8 Å². The van der Waals surface area contributed by atoms with E-state index in [9.17, 15) is 4.79 Å². The average Bonchev–Trinajstić information content (AvgIpc) is 2.28. The Balaban J connectivity index is 2.19. The first-order chi connectivity index (χ1) is 8.15. The van der Waals surface area contributed by atoms with Crippen LogP contribution in [0.5, 0.6) is 0 Å². The number of carbonyl (C=O) groups is 1. The quantitative estimate of drug-likeness (QED) is 0.850. The van der Waals surface area contributed by atoms with Crippen LogP contribution in [-0.4, -0.2) is 20.9 Å². The van der Waals surface area contributed by atoms with Crippen molar-refractivity contribution in [1.29, 1.82) is 0 Å². The third kappa shape index (κ3) is 2.84. The van der Waals surface area contributed by atoms with Gasteiger partial charge in [-0.05, 0) is 32.0 Å². The van der Waals surface area contributed by atoms with Crippen LogP contribution in [-0.2, 0) is 0 Å². The van der Waals surface area contributed by atoms with E-state index in [1.807, 2.05) is 19.9 Å². The molecule has 17 heavy (non-hydrogen) atoms. The maximum atomic E-state index is 11.8. The summed E-state index contributed by atoms with van der Waals surface area (Å²) in [6.07, 6.45) is 3.13. The Labute approximate surface area is 99.0 Å². The number of nitrogens with one attached hydrogen (secondary N) is 1. The molecule has 0 spiro atoms. The molecule has 5 nitrogen and oxygen atoms in total. The van der Waals surface area contributed by atoms with Crippen LogP contribution >= 0.6 is 0 Å². The molecule has 2 aromatic heterocycles. The van der Waals surface area contributed by atoms with Crippen molar-refractivity contribution in [2.45, 2.75) is 13.8 Å². The van der Waals surface area contributed by atoms with Gasteiger partial charge in [-0.15, -0.1) is 0 Å². The lowest BCUT2D eigenvalue weighted by atomic mass is 10.2. The monoisotopic (exact) mass is 228 g/mol. The number of aromatic nitrogens is 3. The van der Waals surface area contributed by atoms with Crippen LogP contribution in [0.3, 0.4) is 0 Å². The zero-order chi connectivity index (χ0) is 12.3. The Morgan fingerprint density at radius 3 is 2.29 bits per heavy atom. The Morgan fingerprint density at radius 1 is 1.12 bits per heavy atom. The van der Waals surface area contributed by atoms with Crippen LogP contribution in [0.1, 0.15) is 21.7 Å². The second-order valence-corrected chi connectivity index (χ2v) is 3.66. The molecule has 0 aliphatic rings. The van der Waals surface area contributed by atoms with Gasteiger partial charge in [0.25, 0.3) is 5.91 Å². The summed E-state index contributed by atoms with van der Waals surface area (Å²) >= 11 is 0. The zero-order valence-corrected chi connectivity index (χ0v) is 9.64. The number of pyridine rings is 1. The van der Waals surface area contributed by atoms with E-state index in [0.717, 1.165) is 11.4 Å². The average molecular weight is 228 g/mol. The number of aryl methyl sites for hydroxylation is 2. The Hall–Kier alpha value is -2.30. The van der Waals surface area contributed by atoms with Crippen molar-refractivity contribution in [3.8, 4) is 0 Å². The molecule has 0 aliphatic carbocycles. The third-order valence-electron chi connectivity index (χ3n) is 2.15. The number of hydrogen-bond donors (Lipinski definition) is 1. The lowest BCUT2D eigenvalue weighted by molar-refractivity contribution is 0.102. The Morgan fingerprint density at radius 2 is 1.71 bits per heavy atom. The molecule has 2 rings (SSSR count). The maximum absolute atomic E-state index is 11.8. The van der Waals surface area contributed by atoms with E-state index in [-0.39, 0.29) is 5.91 Å². The maximum Gasteiger partial charge on any atom is 0.258 e. The first-order valence-electron chi connectivity index (χ1n) is 5.19. The number of amides is 1. The number of anilines is 1. The lowest BCUT2D eigenvalue weighted by Gasteiger charge is -2.05. The molecule has 0 saturated heterocycles. The largest absolute Gasteiger partial charge is 0.290 e. The topological polar surface area (TPSA) is 67.8 Å². The summed E-state index contributed by atoms with van der Waals surface area (Å²) in [6, 6.07) is 5.12. The van der Waals surface area contributed by atoms with Crippen LogP contribution in [0.15, 0.2) is 30.6 Å². The van der Waals surface area contributed by atoms with Gasteiger partial charge in [0, 0.05) is 29.3 Å². The second kappa shape index (κ2) is 4.69. The SMILES string of the molecule is Cc1cc(C)nc(NC(=O)c2ccncc2)n1. The van der Waals surface area contributed by atoms with Gasteiger partial charge < -0.3 is 0 Å². The van der Waals surface area contributed by atoms with Gasteiger partial charge in [0.2, 0.25) is 5.95 Å². The molecule has 86 valence electrons. The molecular formula is C12H12N4O. The highest BCUT2D eigenvalue weighted by molar-refractivity contribution is 6.03. The lowest BCUT2D eigenvalue weighted by Crippen LogP contribution is -2.14. The standard InChI is InChI=1S/C12H12N4O/c1-8-7-9(2)15-12(14-8)16-11(17)10-3-5-13-6-4-10/h3-7H,1-2H3,(H,14,15,16,17). The minimum atomic E-state index is -0.239. The minimum absolute atomic E-state index is 0.239.